The first-order valence-electron chi connectivity index (χ1n) is 5.29. The zero-order valence-corrected chi connectivity index (χ0v) is 9.62. The van der Waals surface area contributed by atoms with E-state index in [9.17, 15) is 0 Å². The van der Waals surface area contributed by atoms with Crippen LogP contribution in [0.4, 0.5) is 0 Å². The van der Waals surface area contributed by atoms with Crippen LogP contribution in [0, 0.1) is 18.3 Å². The minimum Gasteiger partial charge on any atom is -0.316 e. The normalized spacial score (nSPS) is 12.5. The number of nitrogens with two attached hydrogens (primary N) is 1. The van der Waals surface area contributed by atoms with E-state index in [-0.39, 0.29) is 0 Å². The van der Waals surface area contributed by atoms with Crippen molar-refractivity contribution in [2.75, 3.05) is 0 Å². The molecule has 1 atom stereocenters. The third-order valence-electron chi connectivity index (χ3n) is 2.65. The van der Waals surface area contributed by atoms with Gasteiger partial charge in [0.15, 0.2) is 0 Å². The van der Waals surface area contributed by atoms with Crippen molar-refractivity contribution in [3.63, 3.8) is 0 Å². The molecule has 0 saturated carbocycles. The standard InChI is InChI=1S/C13H18N2/c1-9(2)11-5-4-10(3)12(6-11)7-13(15)8-14/h4-6,9,13H,7,15H2,1-3H3. The van der Waals surface area contributed by atoms with E-state index < -0.39 is 6.04 Å². The average Bonchev–Trinajstić information content (AvgIpc) is 2.20. The van der Waals surface area contributed by atoms with E-state index in [0.717, 1.165) is 0 Å². The Hall–Kier alpha value is -1.33. The van der Waals surface area contributed by atoms with Gasteiger partial charge in [0.25, 0.3) is 0 Å². The molecular formula is C13H18N2. The van der Waals surface area contributed by atoms with E-state index in [2.05, 4.69) is 45.0 Å². The molecule has 0 amide bonds. The summed E-state index contributed by atoms with van der Waals surface area (Å²) in [5.74, 6) is 0.516. The molecule has 0 aromatic heterocycles. The number of aryl methyl sites for hydroxylation is 1. The van der Waals surface area contributed by atoms with E-state index in [1.165, 1.54) is 16.7 Å². The van der Waals surface area contributed by atoms with Crippen molar-refractivity contribution in [1.29, 1.82) is 5.26 Å². The quantitative estimate of drug-likeness (QED) is 0.818. The Balaban J connectivity index is 2.96. The van der Waals surface area contributed by atoms with Gasteiger partial charge in [-0.25, -0.2) is 0 Å². The molecule has 2 heteroatoms. The number of nitrogens with zero attached hydrogens (tertiary/aromatic N) is 1. The second-order valence-electron chi connectivity index (χ2n) is 4.28. The van der Waals surface area contributed by atoms with Gasteiger partial charge in [-0.3, -0.25) is 0 Å². The van der Waals surface area contributed by atoms with Crippen LogP contribution in [0.15, 0.2) is 18.2 Å². The van der Waals surface area contributed by atoms with Crippen molar-refractivity contribution < 1.29 is 0 Å². The first-order chi connectivity index (χ1) is 7.04. The Labute approximate surface area is 91.7 Å². The van der Waals surface area contributed by atoms with Gasteiger partial charge in [0.05, 0.1) is 12.1 Å². The SMILES string of the molecule is Cc1ccc(C(C)C)cc1CC(N)C#N. The van der Waals surface area contributed by atoms with Crippen LogP contribution in [0.5, 0.6) is 0 Å². The summed E-state index contributed by atoms with van der Waals surface area (Å²) in [6.07, 6.45) is 0.642. The Morgan fingerprint density at radius 2 is 2.07 bits per heavy atom. The fraction of sp³-hybridized carbons (Fsp3) is 0.462. The van der Waals surface area contributed by atoms with Gasteiger partial charge in [0.2, 0.25) is 0 Å². The molecule has 0 radical (unpaired) electrons. The van der Waals surface area contributed by atoms with E-state index in [1.807, 2.05) is 0 Å². The lowest BCUT2D eigenvalue weighted by atomic mass is 9.95. The number of benzene rings is 1. The highest BCUT2D eigenvalue weighted by atomic mass is 14.6. The number of nitriles is 1. The molecule has 0 heterocycles. The molecule has 0 aliphatic carbocycles. The highest BCUT2D eigenvalue weighted by Crippen LogP contribution is 2.19. The lowest BCUT2D eigenvalue weighted by Crippen LogP contribution is -2.20. The largest absolute Gasteiger partial charge is 0.316 e. The van der Waals surface area contributed by atoms with Gasteiger partial charge in [-0.05, 0) is 29.5 Å². The Bertz CT molecular complexity index is 375. The van der Waals surface area contributed by atoms with Gasteiger partial charge < -0.3 is 5.73 Å². The zero-order valence-electron chi connectivity index (χ0n) is 9.62. The summed E-state index contributed by atoms with van der Waals surface area (Å²) >= 11 is 0. The lowest BCUT2D eigenvalue weighted by molar-refractivity contribution is 0.807. The summed E-state index contributed by atoms with van der Waals surface area (Å²) in [7, 11) is 0. The highest BCUT2D eigenvalue weighted by molar-refractivity contribution is 5.33. The van der Waals surface area contributed by atoms with Crippen LogP contribution in [0.2, 0.25) is 0 Å². The molecule has 0 bridgehead atoms. The average molecular weight is 202 g/mol. The molecule has 0 aliphatic rings. The maximum absolute atomic E-state index is 8.69. The van der Waals surface area contributed by atoms with Crippen LogP contribution in [0.3, 0.4) is 0 Å². The van der Waals surface area contributed by atoms with Crippen LogP contribution >= 0.6 is 0 Å². The van der Waals surface area contributed by atoms with Crippen molar-refractivity contribution in [3.8, 4) is 6.07 Å². The molecule has 1 unspecified atom stereocenters. The molecule has 0 spiro atoms. The summed E-state index contributed by atoms with van der Waals surface area (Å²) < 4.78 is 0. The van der Waals surface area contributed by atoms with E-state index in [1.54, 1.807) is 0 Å². The molecule has 1 aromatic rings. The molecule has 0 aliphatic heterocycles. The van der Waals surface area contributed by atoms with Crippen molar-refractivity contribution in [2.24, 2.45) is 5.73 Å². The molecule has 1 aromatic carbocycles. The summed E-state index contributed by atoms with van der Waals surface area (Å²) in [4.78, 5) is 0. The Morgan fingerprint density at radius 1 is 1.40 bits per heavy atom. The minimum atomic E-state index is -0.397. The monoisotopic (exact) mass is 202 g/mol. The minimum absolute atomic E-state index is 0.397. The third-order valence-corrected chi connectivity index (χ3v) is 2.65. The molecule has 1 rings (SSSR count). The number of hydrogen-bond donors (Lipinski definition) is 1. The number of rotatable bonds is 3. The van der Waals surface area contributed by atoms with Crippen LogP contribution < -0.4 is 5.73 Å². The third kappa shape index (κ3) is 3.07. The van der Waals surface area contributed by atoms with Gasteiger partial charge >= 0.3 is 0 Å². The predicted molar refractivity (Wildman–Crippen MR) is 62.6 cm³/mol. The second-order valence-corrected chi connectivity index (χ2v) is 4.28. The molecular weight excluding hydrogens is 184 g/mol. The summed E-state index contributed by atoms with van der Waals surface area (Å²) in [5.41, 5.74) is 9.35. The molecule has 2 nitrogen and oxygen atoms in total. The van der Waals surface area contributed by atoms with Gasteiger partial charge in [-0.15, -0.1) is 0 Å². The van der Waals surface area contributed by atoms with Crippen LogP contribution in [-0.2, 0) is 6.42 Å². The van der Waals surface area contributed by atoms with Gasteiger partial charge in [0, 0.05) is 6.42 Å². The van der Waals surface area contributed by atoms with Crippen LogP contribution in [0.1, 0.15) is 36.5 Å². The Morgan fingerprint density at radius 3 is 2.60 bits per heavy atom. The first kappa shape index (κ1) is 11.7. The van der Waals surface area contributed by atoms with Gasteiger partial charge in [-0.1, -0.05) is 32.0 Å². The maximum atomic E-state index is 8.69. The van der Waals surface area contributed by atoms with E-state index in [0.29, 0.717) is 12.3 Å². The fourth-order valence-corrected chi connectivity index (χ4v) is 1.55. The Kier molecular flexibility index (Phi) is 3.88. The molecule has 2 N–H and O–H groups in total. The maximum Gasteiger partial charge on any atom is 0.0968 e. The summed E-state index contributed by atoms with van der Waals surface area (Å²) in [6, 6.07) is 8.08. The van der Waals surface area contributed by atoms with Crippen LogP contribution in [-0.4, -0.2) is 6.04 Å². The molecule has 0 saturated heterocycles. The molecule has 0 fully saturated rings. The van der Waals surface area contributed by atoms with Gasteiger partial charge in [-0.2, -0.15) is 5.26 Å². The van der Waals surface area contributed by atoms with Gasteiger partial charge in [0.1, 0.15) is 0 Å². The topological polar surface area (TPSA) is 49.8 Å². The summed E-state index contributed by atoms with van der Waals surface area (Å²) in [5, 5.41) is 8.69. The van der Waals surface area contributed by atoms with E-state index in [4.69, 9.17) is 11.0 Å². The van der Waals surface area contributed by atoms with Crippen molar-refractivity contribution in [1.82, 2.24) is 0 Å². The van der Waals surface area contributed by atoms with Crippen molar-refractivity contribution in [3.05, 3.63) is 34.9 Å². The highest BCUT2D eigenvalue weighted by Gasteiger charge is 2.07. The number of hydrogen-bond acceptors (Lipinski definition) is 2. The van der Waals surface area contributed by atoms with Crippen molar-refractivity contribution >= 4 is 0 Å². The molecule has 80 valence electrons. The molecule has 15 heavy (non-hydrogen) atoms. The summed E-state index contributed by atoms with van der Waals surface area (Å²) in [6.45, 7) is 6.39. The van der Waals surface area contributed by atoms with E-state index >= 15 is 0 Å². The smallest absolute Gasteiger partial charge is 0.0968 e. The lowest BCUT2D eigenvalue weighted by Gasteiger charge is -2.12. The first-order valence-corrected chi connectivity index (χ1v) is 5.29. The second kappa shape index (κ2) is 4.95. The predicted octanol–water partition coefficient (Wildman–Crippen LogP) is 2.51. The van der Waals surface area contributed by atoms with Crippen molar-refractivity contribution in [2.45, 2.75) is 39.2 Å². The fourth-order valence-electron chi connectivity index (χ4n) is 1.55. The van der Waals surface area contributed by atoms with Crippen LogP contribution in [0.25, 0.3) is 0 Å². The zero-order chi connectivity index (χ0) is 11.4.